The molecule has 0 spiro atoms. The van der Waals surface area contributed by atoms with Gasteiger partial charge < -0.3 is 15.1 Å². The van der Waals surface area contributed by atoms with Gasteiger partial charge in [0.05, 0.1) is 13.5 Å². The SMILES string of the molecule is Cc1ccc(NC(=O)Cc2nc(C[NH+](C)CC(=O)N(C)C)cs2)cc1. The van der Waals surface area contributed by atoms with Crippen LogP contribution in [0.15, 0.2) is 29.6 Å². The minimum absolute atomic E-state index is 0.0757. The van der Waals surface area contributed by atoms with Crippen molar-refractivity contribution in [3.05, 3.63) is 45.9 Å². The smallest absolute Gasteiger partial charge is 0.277 e. The van der Waals surface area contributed by atoms with Crippen LogP contribution in [0.25, 0.3) is 0 Å². The van der Waals surface area contributed by atoms with Gasteiger partial charge in [0.25, 0.3) is 5.91 Å². The molecule has 0 saturated heterocycles. The molecule has 6 nitrogen and oxygen atoms in total. The zero-order valence-corrected chi connectivity index (χ0v) is 15.9. The van der Waals surface area contributed by atoms with Crippen LogP contribution in [-0.4, -0.2) is 49.4 Å². The lowest BCUT2D eigenvalue weighted by Gasteiger charge is -2.15. The molecule has 1 heterocycles. The lowest BCUT2D eigenvalue weighted by atomic mass is 10.2. The van der Waals surface area contributed by atoms with E-state index in [0.717, 1.165) is 26.9 Å². The van der Waals surface area contributed by atoms with Gasteiger partial charge in [-0.2, -0.15) is 0 Å². The van der Waals surface area contributed by atoms with Gasteiger partial charge in [0.15, 0.2) is 6.54 Å². The van der Waals surface area contributed by atoms with Crippen LogP contribution in [0.1, 0.15) is 16.3 Å². The number of carbonyl (C=O) groups excluding carboxylic acids is 2. The molecule has 2 aromatic rings. The molecule has 0 aliphatic heterocycles. The summed E-state index contributed by atoms with van der Waals surface area (Å²) in [5.41, 5.74) is 2.85. The average molecular weight is 361 g/mol. The molecule has 2 N–H and O–H groups in total. The molecule has 1 atom stereocenters. The Morgan fingerprint density at radius 3 is 2.56 bits per heavy atom. The zero-order chi connectivity index (χ0) is 18.4. The third-order valence-electron chi connectivity index (χ3n) is 3.68. The van der Waals surface area contributed by atoms with Gasteiger partial charge in [-0.15, -0.1) is 11.3 Å². The number of anilines is 1. The molecule has 0 aliphatic rings. The van der Waals surface area contributed by atoms with Gasteiger partial charge >= 0.3 is 0 Å². The highest BCUT2D eigenvalue weighted by atomic mass is 32.1. The van der Waals surface area contributed by atoms with Crippen molar-refractivity contribution in [2.24, 2.45) is 0 Å². The number of aryl methyl sites for hydroxylation is 1. The predicted molar refractivity (Wildman–Crippen MR) is 99.8 cm³/mol. The van der Waals surface area contributed by atoms with Crippen molar-refractivity contribution in [3.8, 4) is 0 Å². The first kappa shape index (κ1) is 19.1. The van der Waals surface area contributed by atoms with E-state index < -0.39 is 0 Å². The molecule has 0 fully saturated rings. The number of thiazole rings is 1. The van der Waals surface area contributed by atoms with E-state index in [1.54, 1.807) is 19.0 Å². The molecule has 7 heteroatoms. The van der Waals surface area contributed by atoms with E-state index in [9.17, 15) is 9.59 Å². The molecule has 1 unspecified atom stereocenters. The second-order valence-corrected chi connectivity index (χ2v) is 7.37. The lowest BCUT2D eigenvalue weighted by molar-refractivity contribution is -0.886. The summed E-state index contributed by atoms with van der Waals surface area (Å²) in [6, 6.07) is 7.71. The molecule has 2 rings (SSSR count). The van der Waals surface area contributed by atoms with Crippen LogP contribution in [0, 0.1) is 6.92 Å². The van der Waals surface area contributed by atoms with Gasteiger partial charge in [-0.25, -0.2) is 4.98 Å². The minimum atomic E-state index is -0.0757. The number of hydrogen-bond donors (Lipinski definition) is 2. The van der Waals surface area contributed by atoms with Gasteiger partial charge in [-0.05, 0) is 19.1 Å². The van der Waals surface area contributed by atoms with Gasteiger partial charge in [-0.1, -0.05) is 17.7 Å². The second-order valence-electron chi connectivity index (χ2n) is 6.42. The Bertz CT molecular complexity index is 725. The maximum atomic E-state index is 12.1. The number of nitrogens with zero attached hydrogens (tertiary/aromatic N) is 2. The topological polar surface area (TPSA) is 66.7 Å². The Labute approximate surface area is 152 Å². The number of amides is 2. The van der Waals surface area contributed by atoms with Crippen LogP contribution in [0.2, 0.25) is 0 Å². The standard InChI is InChI=1S/C18H24N4O2S/c1-13-5-7-14(8-6-13)19-16(23)9-17-20-15(12-25-17)10-22(4)11-18(24)21(2)3/h5-8,12H,9-11H2,1-4H3,(H,19,23)/p+1. The summed E-state index contributed by atoms with van der Waals surface area (Å²) in [6.45, 7) is 3.09. The van der Waals surface area contributed by atoms with Crippen molar-refractivity contribution in [2.45, 2.75) is 19.9 Å². The minimum Gasteiger partial charge on any atom is -0.344 e. The van der Waals surface area contributed by atoms with Gasteiger partial charge in [0.2, 0.25) is 5.91 Å². The summed E-state index contributed by atoms with van der Waals surface area (Å²) in [5, 5.41) is 5.62. The number of rotatable bonds is 7. The van der Waals surface area contributed by atoms with Crippen LogP contribution < -0.4 is 10.2 Å². The van der Waals surface area contributed by atoms with Crippen molar-refractivity contribution in [1.29, 1.82) is 0 Å². The van der Waals surface area contributed by atoms with Crippen LogP contribution in [-0.2, 0) is 22.6 Å². The fourth-order valence-electron chi connectivity index (χ4n) is 2.28. The highest BCUT2D eigenvalue weighted by Crippen LogP contribution is 2.12. The van der Waals surface area contributed by atoms with Gasteiger partial charge in [0, 0.05) is 25.2 Å². The zero-order valence-electron chi connectivity index (χ0n) is 15.1. The van der Waals surface area contributed by atoms with Crippen molar-refractivity contribution in [2.75, 3.05) is 33.0 Å². The van der Waals surface area contributed by atoms with Crippen LogP contribution >= 0.6 is 11.3 Å². The molecule has 0 bridgehead atoms. The molecule has 0 aliphatic carbocycles. The van der Waals surface area contributed by atoms with E-state index in [2.05, 4.69) is 10.3 Å². The molecule has 1 aromatic carbocycles. The third kappa shape index (κ3) is 6.28. The van der Waals surface area contributed by atoms with Crippen LogP contribution in [0.5, 0.6) is 0 Å². The number of aromatic nitrogens is 1. The van der Waals surface area contributed by atoms with E-state index in [4.69, 9.17) is 0 Å². The fraction of sp³-hybridized carbons (Fsp3) is 0.389. The second kappa shape index (κ2) is 8.73. The maximum Gasteiger partial charge on any atom is 0.277 e. The van der Waals surface area contributed by atoms with Gasteiger partial charge in [0.1, 0.15) is 17.2 Å². The highest BCUT2D eigenvalue weighted by Gasteiger charge is 2.15. The van der Waals surface area contributed by atoms with E-state index in [0.29, 0.717) is 13.1 Å². The summed E-state index contributed by atoms with van der Waals surface area (Å²) >= 11 is 1.48. The molecule has 0 saturated carbocycles. The Morgan fingerprint density at radius 2 is 1.92 bits per heavy atom. The monoisotopic (exact) mass is 361 g/mol. The van der Waals surface area contributed by atoms with E-state index >= 15 is 0 Å². The lowest BCUT2D eigenvalue weighted by Crippen LogP contribution is -3.08. The summed E-state index contributed by atoms with van der Waals surface area (Å²) in [4.78, 5) is 31.0. The number of nitrogens with one attached hydrogen (secondary N) is 2. The Hall–Kier alpha value is -2.25. The molecule has 2 amide bonds. The van der Waals surface area contributed by atoms with Gasteiger partial charge in [-0.3, -0.25) is 9.59 Å². The van der Waals surface area contributed by atoms with Crippen LogP contribution in [0.3, 0.4) is 0 Å². The normalized spacial score (nSPS) is 11.8. The van der Waals surface area contributed by atoms with E-state index in [-0.39, 0.29) is 18.2 Å². The molecular formula is C18H25N4O2S+. The third-order valence-corrected chi connectivity index (χ3v) is 4.58. The Kier molecular flexibility index (Phi) is 6.66. The summed E-state index contributed by atoms with van der Waals surface area (Å²) in [7, 11) is 5.47. The molecule has 134 valence electrons. The molecule has 25 heavy (non-hydrogen) atoms. The highest BCUT2D eigenvalue weighted by molar-refractivity contribution is 7.09. The molecular weight excluding hydrogens is 336 g/mol. The summed E-state index contributed by atoms with van der Waals surface area (Å²) < 4.78 is 0. The average Bonchev–Trinajstić information content (AvgIpc) is 2.96. The molecule has 0 radical (unpaired) electrons. The number of quaternary nitrogens is 1. The largest absolute Gasteiger partial charge is 0.344 e. The first-order valence-electron chi connectivity index (χ1n) is 8.14. The maximum absolute atomic E-state index is 12.1. The summed E-state index contributed by atoms with van der Waals surface area (Å²) in [6.07, 6.45) is 0.258. The Balaban J connectivity index is 1.85. The van der Waals surface area contributed by atoms with Crippen LogP contribution in [0.4, 0.5) is 5.69 Å². The first-order valence-corrected chi connectivity index (χ1v) is 9.02. The Morgan fingerprint density at radius 1 is 1.24 bits per heavy atom. The number of carbonyl (C=O) groups is 2. The fourth-order valence-corrected chi connectivity index (χ4v) is 3.07. The van der Waals surface area contributed by atoms with E-state index in [1.165, 1.54) is 11.3 Å². The van der Waals surface area contributed by atoms with Crippen molar-refractivity contribution < 1.29 is 14.5 Å². The number of benzene rings is 1. The predicted octanol–water partition coefficient (Wildman–Crippen LogP) is 0.736. The van der Waals surface area contributed by atoms with Crippen molar-refractivity contribution >= 4 is 28.8 Å². The number of hydrogen-bond acceptors (Lipinski definition) is 4. The molecule has 1 aromatic heterocycles. The number of likely N-dealkylation sites (N-methyl/N-ethyl adjacent to an activating group) is 2. The first-order chi connectivity index (χ1) is 11.8. The van der Waals surface area contributed by atoms with Crippen molar-refractivity contribution in [1.82, 2.24) is 9.88 Å². The van der Waals surface area contributed by atoms with E-state index in [1.807, 2.05) is 43.6 Å². The van der Waals surface area contributed by atoms with Crippen molar-refractivity contribution in [3.63, 3.8) is 0 Å². The summed E-state index contributed by atoms with van der Waals surface area (Å²) in [5.74, 6) is 0.0127. The quantitative estimate of drug-likeness (QED) is 0.764.